The number of hydrogen-bond donors (Lipinski definition) is 1. The standard InChI is InChI=1S/C15H17ClO5S/c16-13-5-10(12(6-15(17)18)9-1-2-9)3-4-14(13)22(19,20)11-7-21-8-11/h3-5,9,11-12H,1-2,6-8H2,(H,17,18). The van der Waals surface area contributed by atoms with E-state index in [1.54, 1.807) is 12.1 Å². The quantitative estimate of drug-likeness (QED) is 0.857. The second-order valence-corrected chi connectivity index (χ2v) is 8.54. The highest BCUT2D eigenvalue weighted by Crippen LogP contribution is 2.45. The van der Waals surface area contributed by atoms with Crippen LogP contribution in [-0.4, -0.2) is 38.0 Å². The molecule has 22 heavy (non-hydrogen) atoms. The fourth-order valence-electron chi connectivity index (χ4n) is 2.79. The van der Waals surface area contributed by atoms with Crippen LogP contribution in [0.5, 0.6) is 0 Å². The van der Waals surface area contributed by atoms with Gasteiger partial charge in [-0.3, -0.25) is 4.79 Å². The van der Waals surface area contributed by atoms with Crippen LogP contribution in [-0.2, 0) is 19.4 Å². The molecule has 1 heterocycles. The Morgan fingerprint density at radius 3 is 2.50 bits per heavy atom. The highest BCUT2D eigenvalue weighted by molar-refractivity contribution is 7.92. The maximum absolute atomic E-state index is 12.4. The third-order valence-electron chi connectivity index (χ3n) is 4.32. The molecule has 1 aromatic rings. The topological polar surface area (TPSA) is 80.7 Å². The number of rotatable bonds is 6. The molecule has 0 spiro atoms. The van der Waals surface area contributed by atoms with Crippen molar-refractivity contribution in [3.63, 3.8) is 0 Å². The molecular formula is C15H17ClO5S. The van der Waals surface area contributed by atoms with Gasteiger partial charge >= 0.3 is 5.97 Å². The Balaban J connectivity index is 1.89. The molecule has 3 rings (SSSR count). The number of carboxylic acid groups (broad SMARTS) is 1. The molecule has 1 aromatic carbocycles. The van der Waals surface area contributed by atoms with Crippen LogP contribution in [0.15, 0.2) is 23.1 Å². The monoisotopic (exact) mass is 344 g/mol. The fraction of sp³-hybridized carbons (Fsp3) is 0.533. The van der Waals surface area contributed by atoms with E-state index < -0.39 is 21.1 Å². The third-order valence-corrected chi connectivity index (χ3v) is 6.87. The number of halogens is 1. The van der Waals surface area contributed by atoms with Crippen molar-refractivity contribution in [2.24, 2.45) is 5.92 Å². The molecule has 7 heteroatoms. The van der Waals surface area contributed by atoms with Gasteiger partial charge in [-0.25, -0.2) is 8.42 Å². The summed E-state index contributed by atoms with van der Waals surface area (Å²) in [5, 5.41) is 8.68. The molecule has 1 aliphatic carbocycles. The summed E-state index contributed by atoms with van der Waals surface area (Å²) >= 11 is 6.18. The minimum Gasteiger partial charge on any atom is -0.481 e. The average Bonchev–Trinajstić information content (AvgIpc) is 3.16. The first-order valence-corrected chi connectivity index (χ1v) is 9.15. The lowest BCUT2D eigenvalue weighted by molar-refractivity contribution is -0.137. The highest BCUT2D eigenvalue weighted by Gasteiger charge is 2.37. The predicted octanol–water partition coefficient (Wildman–Crippen LogP) is 2.48. The summed E-state index contributed by atoms with van der Waals surface area (Å²) in [6.45, 7) is 0.397. The number of sulfone groups is 1. The van der Waals surface area contributed by atoms with Crippen LogP contribution in [0.1, 0.15) is 30.7 Å². The van der Waals surface area contributed by atoms with E-state index in [2.05, 4.69) is 0 Å². The summed E-state index contributed by atoms with van der Waals surface area (Å²) in [5.74, 6) is -0.593. The van der Waals surface area contributed by atoms with E-state index in [9.17, 15) is 13.2 Å². The Morgan fingerprint density at radius 1 is 1.36 bits per heavy atom. The third kappa shape index (κ3) is 3.00. The van der Waals surface area contributed by atoms with Crippen LogP contribution in [0.25, 0.3) is 0 Å². The Morgan fingerprint density at radius 2 is 2.05 bits per heavy atom. The zero-order valence-corrected chi connectivity index (χ0v) is 13.4. The molecule has 1 atom stereocenters. The van der Waals surface area contributed by atoms with Gasteiger partial charge in [0, 0.05) is 0 Å². The van der Waals surface area contributed by atoms with Crippen molar-refractivity contribution < 1.29 is 23.1 Å². The Labute approximate surface area is 134 Å². The van der Waals surface area contributed by atoms with Crippen LogP contribution < -0.4 is 0 Å². The summed E-state index contributed by atoms with van der Waals surface area (Å²) in [5.41, 5.74) is 0.804. The minimum atomic E-state index is -3.48. The summed E-state index contributed by atoms with van der Waals surface area (Å²) in [7, 11) is -3.48. The lowest BCUT2D eigenvalue weighted by atomic mass is 9.91. The molecule has 0 radical (unpaired) electrons. The molecule has 1 unspecified atom stereocenters. The lowest BCUT2D eigenvalue weighted by Gasteiger charge is -2.26. The summed E-state index contributed by atoms with van der Waals surface area (Å²) in [6.07, 6.45) is 2.06. The zero-order chi connectivity index (χ0) is 15.9. The van der Waals surface area contributed by atoms with Crippen molar-refractivity contribution in [1.29, 1.82) is 0 Å². The SMILES string of the molecule is O=C(O)CC(c1ccc(S(=O)(=O)C2COC2)c(Cl)c1)C1CC1. The molecule has 1 saturated carbocycles. The number of carboxylic acids is 1. The molecule has 2 aliphatic rings. The van der Waals surface area contributed by atoms with Gasteiger partial charge < -0.3 is 9.84 Å². The van der Waals surface area contributed by atoms with Crippen LogP contribution in [0, 0.1) is 5.92 Å². The summed E-state index contributed by atoms with van der Waals surface area (Å²) in [6, 6.07) is 4.81. The minimum absolute atomic E-state index is 0.0452. The van der Waals surface area contributed by atoms with E-state index in [1.807, 2.05) is 0 Å². The Kier molecular flexibility index (Phi) is 4.18. The molecule has 0 amide bonds. The highest BCUT2D eigenvalue weighted by atomic mass is 35.5. The molecule has 1 aliphatic heterocycles. The summed E-state index contributed by atoms with van der Waals surface area (Å²) < 4.78 is 29.7. The molecule has 1 saturated heterocycles. The van der Waals surface area contributed by atoms with Crippen LogP contribution in [0.3, 0.4) is 0 Å². The smallest absolute Gasteiger partial charge is 0.303 e. The first-order valence-electron chi connectivity index (χ1n) is 7.22. The van der Waals surface area contributed by atoms with E-state index in [-0.39, 0.29) is 35.5 Å². The maximum atomic E-state index is 12.4. The summed E-state index contributed by atoms with van der Waals surface area (Å²) in [4.78, 5) is 11.1. The molecule has 0 bridgehead atoms. The van der Waals surface area contributed by atoms with E-state index in [1.165, 1.54) is 6.07 Å². The van der Waals surface area contributed by atoms with Gasteiger partial charge in [-0.05, 0) is 42.4 Å². The normalized spacial score (nSPS) is 20.4. The molecule has 5 nitrogen and oxygen atoms in total. The van der Waals surface area contributed by atoms with Gasteiger partial charge in [0.05, 0.1) is 29.6 Å². The van der Waals surface area contributed by atoms with Gasteiger partial charge in [-0.1, -0.05) is 17.7 Å². The fourth-order valence-corrected chi connectivity index (χ4v) is 4.80. The average molecular weight is 345 g/mol. The largest absolute Gasteiger partial charge is 0.481 e. The van der Waals surface area contributed by atoms with E-state index in [0.29, 0.717) is 5.92 Å². The Hall–Kier alpha value is -1.11. The van der Waals surface area contributed by atoms with Gasteiger partial charge in [0.15, 0.2) is 9.84 Å². The second-order valence-electron chi connectivity index (χ2n) is 5.94. The second kappa shape index (κ2) is 5.83. The number of hydrogen-bond acceptors (Lipinski definition) is 4. The first-order chi connectivity index (χ1) is 10.4. The number of benzene rings is 1. The Bertz CT molecular complexity index is 692. The first kappa shape index (κ1) is 15.8. The van der Waals surface area contributed by atoms with Crippen molar-refractivity contribution in [3.8, 4) is 0 Å². The van der Waals surface area contributed by atoms with Crippen molar-refractivity contribution >= 4 is 27.4 Å². The molecule has 120 valence electrons. The van der Waals surface area contributed by atoms with Gasteiger partial charge in [-0.2, -0.15) is 0 Å². The van der Waals surface area contributed by atoms with Crippen molar-refractivity contribution in [3.05, 3.63) is 28.8 Å². The van der Waals surface area contributed by atoms with Gasteiger partial charge in [0.25, 0.3) is 0 Å². The predicted molar refractivity (Wildman–Crippen MR) is 81.0 cm³/mol. The molecule has 1 N–H and O–H groups in total. The van der Waals surface area contributed by atoms with Crippen LogP contribution >= 0.6 is 11.6 Å². The number of aliphatic carboxylic acids is 1. The molecular weight excluding hydrogens is 328 g/mol. The van der Waals surface area contributed by atoms with Crippen LogP contribution in [0.4, 0.5) is 0 Å². The van der Waals surface area contributed by atoms with Crippen molar-refractivity contribution in [2.45, 2.75) is 35.3 Å². The van der Waals surface area contributed by atoms with Gasteiger partial charge in [-0.15, -0.1) is 0 Å². The zero-order valence-electron chi connectivity index (χ0n) is 11.9. The lowest BCUT2D eigenvalue weighted by Crippen LogP contribution is -2.40. The van der Waals surface area contributed by atoms with E-state index >= 15 is 0 Å². The maximum Gasteiger partial charge on any atom is 0.303 e. The number of ether oxygens (including phenoxy) is 1. The molecule has 2 fully saturated rings. The van der Waals surface area contributed by atoms with Gasteiger partial charge in [0.1, 0.15) is 5.25 Å². The van der Waals surface area contributed by atoms with E-state index in [0.717, 1.165) is 18.4 Å². The van der Waals surface area contributed by atoms with Crippen molar-refractivity contribution in [2.75, 3.05) is 13.2 Å². The molecule has 0 aromatic heterocycles. The van der Waals surface area contributed by atoms with E-state index in [4.69, 9.17) is 21.4 Å². The number of carbonyl (C=O) groups is 1. The van der Waals surface area contributed by atoms with Crippen LogP contribution in [0.2, 0.25) is 5.02 Å². The van der Waals surface area contributed by atoms with Gasteiger partial charge in [0.2, 0.25) is 0 Å². The van der Waals surface area contributed by atoms with Crippen molar-refractivity contribution in [1.82, 2.24) is 0 Å².